The van der Waals surface area contributed by atoms with Crippen LogP contribution < -0.4 is 4.74 Å². The molecule has 3 aromatic rings. The summed E-state index contributed by atoms with van der Waals surface area (Å²) in [4.78, 5) is 15.1. The third kappa shape index (κ3) is 5.60. The van der Waals surface area contributed by atoms with Crippen LogP contribution in [0.25, 0.3) is 11.1 Å². The normalized spacial score (nSPS) is 10.6. The number of hydrogen-bond acceptors (Lipinski definition) is 4. The van der Waals surface area contributed by atoms with Gasteiger partial charge in [-0.05, 0) is 54.8 Å². The van der Waals surface area contributed by atoms with Gasteiger partial charge in [-0.25, -0.2) is 9.37 Å². The highest BCUT2D eigenvalue weighted by atomic mass is 19.1. The van der Waals surface area contributed by atoms with Crippen molar-refractivity contribution in [1.82, 2.24) is 4.98 Å². The Morgan fingerprint density at radius 2 is 1.83 bits per heavy atom. The van der Waals surface area contributed by atoms with Crippen LogP contribution in [-0.2, 0) is 22.6 Å². The zero-order valence-corrected chi connectivity index (χ0v) is 16.0. The van der Waals surface area contributed by atoms with Crippen LogP contribution in [0.5, 0.6) is 5.75 Å². The molecular formula is C23H21F2NO3. The van der Waals surface area contributed by atoms with Crippen molar-refractivity contribution in [1.29, 1.82) is 0 Å². The zero-order chi connectivity index (χ0) is 20.6. The van der Waals surface area contributed by atoms with E-state index in [9.17, 15) is 13.6 Å². The van der Waals surface area contributed by atoms with Gasteiger partial charge in [-0.2, -0.15) is 4.39 Å². The summed E-state index contributed by atoms with van der Waals surface area (Å²) >= 11 is 0. The van der Waals surface area contributed by atoms with Crippen molar-refractivity contribution in [2.24, 2.45) is 0 Å². The van der Waals surface area contributed by atoms with Crippen LogP contribution in [-0.4, -0.2) is 17.6 Å². The number of benzene rings is 2. The van der Waals surface area contributed by atoms with Crippen LogP contribution in [0.15, 0.2) is 60.8 Å². The second-order valence-electron chi connectivity index (χ2n) is 6.37. The number of carbonyl (C=O) groups excluding carboxylic acids is 1. The molecule has 0 N–H and O–H groups in total. The number of carbonyl (C=O) groups is 1. The molecule has 0 radical (unpaired) electrons. The van der Waals surface area contributed by atoms with Gasteiger partial charge in [0.2, 0.25) is 5.95 Å². The molecule has 0 atom stereocenters. The van der Waals surface area contributed by atoms with Gasteiger partial charge >= 0.3 is 5.97 Å². The SMILES string of the molecule is CCOC(=O)CCc1ccc(OCc2c(F)cccc2-c2ccc(F)nc2)cc1. The maximum Gasteiger partial charge on any atom is 0.306 e. The van der Waals surface area contributed by atoms with Crippen molar-refractivity contribution in [3.8, 4) is 16.9 Å². The van der Waals surface area contributed by atoms with E-state index in [1.54, 1.807) is 37.3 Å². The average molecular weight is 397 g/mol. The molecule has 1 aromatic heterocycles. The van der Waals surface area contributed by atoms with Gasteiger partial charge in [0.1, 0.15) is 18.2 Å². The third-order valence-corrected chi connectivity index (χ3v) is 4.39. The van der Waals surface area contributed by atoms with Gasteiger partial charge in [0.25, 0.3) is 0 Å². The van der Waals surface area contributed by atoms with Crippen LogP contribution in [0.3, 0.4) is 0 Å². The number of aromatic nitrogens is 1. The van der Waals surface area contributed by atoms with Crippen molar-refractivity contribution in [2.45, 2.75) is 26.4 Å². The summed E-state index contributed by atoms with van der Waals surface area (Å²) in [5.41, 5.74) is 2.56. The van der Waals surface area contributed by atoms with Gasteiger partial charge in [0.05, 0.1) is 6.61 Å². The fourth-order valence-corrected chi connectivity index (χ4v) is 2.90. The van der Waals surface area contributed by atoms with Gasteiger partial charge in [0.15, 0.2) is 0 Å². The van der Waals surface area contributed by atoms with Gasteiger partial charge in [-0.15, -0.1) is 0 Å². The molecule has 0 unspecified atom stereocenters. The van der Waals surface area contributed by atoms with Gasteiger partial charge in [-0.1, -0.05) is 24.3 Å². The van der Waals surface area contributed by atoms with Crippen molar-refractivity contribution in [3.05, 3.63) is 83.7 Å². The van der Waals surface area contributed by atoms with E-state index in [-0.39, 0.29) is 12.6 Å². The number of aryl methyl sites for hydroxylation is 1. The second kappa shape index (κ2) is 9.78. The molecule has 0 bridgehead atoms. The van der Waals surface area contributed by atoms with Gasteiger partial charge < -0.3 is 9.47 Å². The lowest BCUT2D eigenvalue weighted by Gasteiger charge is -2.13. The van der Waals surface area contributed by atoms with Crippen molar-refractivity contribution < 1.29 is 23.0 Å². The Hall–Kier alpha value is -3.28. The smallest absolute Gasteiger partial charge is 0.306 e. The first-order valence-electron chi connectivity index (χ1n) is 9.33. The Labute approximate surface area is 168 Å². The van der Waals surface area contributed by atoms with Crippen LogP contribution >= 0.6 is 0 Å². The lowest BCUT2D eigenvalue weighted by Crippen LogP contribution is -2.05. The molecule has 1 heterocycles. The Balaban J connectivity index is 1.67. The first-order valence-corrected chi connectivity index (χ1v) is 9.33. The predicted molar refractivity (Wildman–Crippen MR) is 105 cm³/mol. The number of rotatable bonds is 8. The molecule has 0 aliphatic heterocycles. The largest absolute Gasteiger partial charge is 0.489 e. The Bertz CT molecular complexity index is 957. The second-order valence-corrected chi connectivity index (χ2v) is 6.37. The molecule has 2 aromatic carbocycles. The molecule has 0 amide bonds. The van der Waals surface area contributed by atoms with E-state index in [4.69, 9.17) is 9.47 Å². The first kappa shape index (κ1) is 20.5. The quantitative estimate of drug-likeness (QED) is 0.392. The number of nitrogens with zero attached hydrogens (tertiary/aromatic N) is 1. The topological polar surface area (TPSA) is 48.4 Å². The molecule has 4 nitrogen and oxygen atoms in total. The van der Waals surface area contributed by atoms with Crippen LogP contribution in [0.4, 0.5) is 8.78 Å². The molecule has 0 spiro atoms. The van der Waals surface area contributed by atoms with E-state index in [0.29, 0.717) is 41.9 Å². The van der Waals surface area contributed by atoms with Crippen molar-refractivity contribution in [2.75, 3.05) is 6.61 Å². The molecule has 0 aliphatic carbocycles. The fourth-order valence-electron chi connectivity index (χ4n) is 2.90. The van der Waals surface area contributed by atoms with E-state index >= 15 is 0 Å². The van der Waals surface area contributed by atoms with E-state index < -0.39 is 11.8 Å². The Kier molecular flexibility index (Phi) is 6.89. The monoisotopic (exact) mass is 397 g/mol. The molecule has 0 saturated heterocycles. The number of esters is 1. The zero-order valence-electron chi connectivity index (χ0n) is 16.0. The summed E-state index contributed by atoms with van der Waals surface area (Å²) in [6.07, 6.45) is 2.26. The molecule has 0 aliphatic rings. The molecule has 6 heteroatoms. The maximum absolute atomic E-state index is 14.4. The highest BCUT2D eigenvalue weighted by Gasteiger charge is 2.12. The van der Waals surface area contributed by atoms with E-state index in [0.717, 1.165) is 5.56 Å². The summed E-state index contributed by atoms with van der Waals surface area (Å²) in [6.45, 7) is 2.16. The molecule has 29 heavy (non-hydrogen) atoms. The highest BCUT2D eigenvalue weighted by Crippen LogP contribution is 2.27. The Morgan fingerprint density at radius 3 is 2.52 bits per heavy atom. The summed E-state index contributed by atoms with van der Waals surface area (Å²) in [5.74, 6) is -0.643. The average Bonchev–Trinajstić information content (AvgIpc) is 2.73. The summed E-state index contributed by atoms with van der Waals surface area (Å²) in [5, 5.41) is 0. The predicted octanol–water partition coefficient (Wildman–Crippen LogP) is 5.10. The number of hydrogen-bond donors (Lipinski definition) is 0. The molecular weight excluding hydrogens is 376 g/mol. The van der Waals surface area contributed by atoms with Crippen molar-refractivity contribution >= 4 is 5.97 Å². The minimum absolute atomic E-state index is 0.0154. The summed E-state index contributed by atoms with van der Waals surface area (Å²) in [6, 6.07) is 14.8. The Morgan fingerprint density at radius 1 is 1.03 bits per heavy atom. The minimum Gasteiger partial charge on any atom is -0.489 e. The van der Waals surface area contributed by atoms with Crippen molar-refractivity contribution in [3.63, 3.8) is 0 Å². The molecule has 150 valence electrons. The summed E-state index contributed by atoms with van der Waals surface area (Å²) in [7, 11) is 0. The minimum atomic E-state index is -0.592. The van der Waals surface area contributed by atoms with Gasteiger partial charge in [0, 0.05) is 23.7 Å². The standard InChI is InChI=1S/C23H21F2NO3/c1-2-28-23(27)13-8-16-6-10-18(11-7-16)29-15-20-19(4-3-5-21(20)24)17-9-12-22(25)26-14-17/h3-7,9-12,14H,2,8,13,15H2,1H3. The van der Waals surface area contributed by atoms with Crippen LogP contribution in [0.2, 0.25) is 0 Å². The molecule has 3 rings (SSSR count). The van der Waals surface area contributed by atoms with Crippen LogP contribution in [0, 0.1) is 11.8 Å². The number of pyridine rings is 1. The summed E-state index contributed by atoms with van der Waals surface area (Å²) < 4.78 is 38.2. The number of ether oxygens (including phenoxy) is 2. The molecule has 0 saturated carbocycles. The molecule has 0 fully saturated rings. The lowest BCUT2D eigenvalue weighted by atomic mass is 10.0. The van der Waals surface area contributed by atoms with E-state index in [1.165, 1.54) is 18.3 Å². The number of halogens is 2. The maximum atomic E-state index is 14.4. The van der Waals surface area contributed by atoms with Gasteiger partial charge in [-0.3, -0.25) is 4.79 Å². The lowest BCUT2D eigenvalue weighted by molar-refractivity contribution is -0.143. The highest BCUT2D eigenvalue weighted by molar-refractivity contribution is 5.69. The first-order chi connectivity index (χ1) is 14.1. The van der Waals surface area contributed by atoms with Crippen LogP contribution in [0.1, 0.15) is 24.5 Å². The van der Waals surface area contributed by atoms with E-state index in [1.807, 2.05) is 12.1 Å². The third-order valence-electron chi connectivity index (χ3n) is 4.39. The van der Waals surface area contributed by atoms with E-state index in [2.05, 4.69) is 4.98 Å². The fraction of sp³-hybridized carbons (Fsp3) is 0.217.